The molecule has 0 bridgehead atoms. The molecule has 1 aromatic heterocycles. The van der Waals surface area contributed by atoms with E-state index in [1.54, 1.807) is 6.07 Å². The van der Waals surface area contributed by atoms with Gasteiger partial charge in [-0.25, -0.2) is 9.97 Å². The van der Waals surface area contributed by atoms with Gasteiger partial charge in [-0.15, -0.1) is 0 Å². The lowest BCUT2D eigenvalue weighted by atomic mass is 10.1. The molecular formula is C20H27N5O. The number of hydrogen-bond donors (Lipinski definition) is 1. The summed E-state index contributed by atoms with van der Waals surface area (Å²) in [5.41, 5.74) is 1.80. The summed E-state index contributed by atoms with van der Waals surface area (Å²) in [6, 6.07) is 12.2. The molecule has 26 heavy (non-hydrogen) atoms. The first-order valence-electron chi connectivity index (χ1n) is 9.37. The zero-order chi connectivity index (χ0) is 18.2. The van der Waals surface area contributed by atoms with Crippen molar-refractivity contribution in [2.24, 2.45) is 0 Å². The summed E-state index contributed by atoms with van der Waals surface area (Å²) in [4.78, 5) is 25.3. The van der Waals surface area contributed by atoms with Gasteiger partial charge in [-0.3, -0.25) is 4.79 Å². The minimum Gasteiger partial charge on any atom is -0.370 e. The molecule has 0 unspecified atom stereocenters. The number of carbonyl (C=O) groups excluding carboxylic acids is 1. The van der Waals surface area contributed by atoms with E-state index in [0.29, 0.717) is 11.5 Å². The van der Waals surface area contributed by atoms with Crippen LogP contribution < -0.4 is 5.32 Å². The smallest absolute Gasteiger partial charge is 0.272 e. The maximum absolute atomic E-state index is 12.7. The molecule has 1 aliphatic heterocycles. The Morgan fingerprint density at radius 3 is 2.62 bits per heavy atom. The van der Waals surface area contributed by atoms with Crippen molar-refractivity contribution < 1.29 is 4.79 Å². The number of nitrogens with zero attached hydrogens (tertiary/aromatic N) is 4. The van der Waals surface area contributed by atoms with E-state index < -0.39 is 0 Å². The monoisotopic (exact) mass is 353 g/mol. The van der Waals surface area contributed by atoms with Crippen LogP contribution in [0.15, 0.2) is 42.7 Å². The number of piperazine rings is 1. The third kappa shape index (κ3) is 5.02. The van der Waals surface area contributed by atoms with Crippen LogP contribution in [0.2, 0.25) is 0 Å². The average Bonchev–Trinajstić information content (AvgIpc) is 2.72. The number of aryl methyl sites for hydroxylation is 1. The normalized spacial score (nSPS) is 15.0. The molecule has 138 valence electrons. The minimum absolute atomic E-state index is 0.00418. The second kappa shape index (κ2) is 9.29. The van der Waals surface area contributed by atoms with Crippen LogP contribution in [0.3, 0.4) is 0 Å². The predicted octanol–water partition coefficient (Wildman–Crippen LogP) is 2.30. The van der Waals surface area contributed by atoms with Crippen molar-refractivity contribution in [2.45, 2.75) is 19.8 Å². The summed E-state index contributed by atoms with van der Waals surface area (Å²) in [5, 5.41) is 3.30. The Hall–Kier alpha value is -2.47. The molecule has 1 saturated heterocycles. The third-order valence-electron chi connectivity index (χ3n) is 4.78. The number of nitrogens with one attached hydrogen (secondary N) is 1. The standard InChI is InChI=1S/C20H27N5O/c1-2-24-11-13-25(14-12-24)20(26)18-15-19(23-16-22-18)21-10-6-9-17-7-4-3-5-8-17/h3-5,7-8,15-16H,2,6,9-14H2,1H3,(H,21,22,23). The van der Waals surface area contributed by atoms with E-state index in [-0.39, 0.29) is 5.91 Å². The molecule has 1 amide bonds. The molecule has 3 rings (SSSR count). The van der Waals surface area contributed by atoms with Gasteiger partial charge in [0.05, 0.1) is 0 Å². The average molecular weight is 353 g/mol. The van der Waals surface area contributed by atoms with Crippen LogP contribution in [0.25, 0.3) is 0 Å². The van der Waals surface area contributed by atoms with E-state index in [4.69, 9.17) is 0 Å². The number of aromatic nitrogens is 2. The van der Waals surface area contributed by atoms with Crippen LogP contribution in [0, 0.1) is 0 Å². The lowest BCUT2D eigenvalue weighted by Gasteiger charge is -2.33. The van der Waals surface area contributed by atoms with E-state index in [0.717, 1.165) is 52.1 Å². The van der Waals surface area contributed by atoms with Crippen molar-refractivity contribution in [3.63, 3.8) is 0 Å². The van der Waals surface area contributed by atoms with Crippen LogP contribution in [-0.2, 0) is 6.42 Å². The van der Waals surface area contributed by atoms with Crippen molar-refractivity contribution in [3.05, 3.63) is 54.0 Å². The van der Waals surface area contributed by atoms with Gasteiger partial charge in [0.2, 0.25) is 0 Å². The highest BCUT2D eigenvalue weighted by atomic mass is 16.2. The van der Waals surface area contributed by atoms with Crippen LogP contribution in [-0.4, -0.2) is 64.9 Å². The van der Waals surface area contributed by atoms with Gasteiger partial charge in [0.15, 0.2) is 0 Å². The van der Waals surface area contributed by atoms with E-state index >= 15 is 0 Å². The Labute approximate surface area is 155 Å². The first-order chi connectivity index (χ1) is 12.8. The number of anilines is 1. The number of benzene rings is 1. The van der Waals surface area contributed by atoms with E-state index in [9.17, 15) is 4.79 Å². The summed E-state index contributed by atoms with van der Waals surface area (Å²) >= 11 is 0. The molecule has 0 atom stereocenters. The van der Waals surface area contributed by atoms with E-state index in [1.165, 1.54) is 11.9 Å². The lowest BCUT2D eigenvalue weighted by Crippen LogP contribution is -2.48. The first-order valence-corrected chi connectivity index (χ1v) is 9.37. The molecule has 0 aliphatic carbocycles. The quantitative estimate of drug-likeness (QED) is 0.774. The Morgan fingerprint density at radius 1 is 1.12 bits per heavy atom. The van der Waals surface area contributed by atoms with Crippen LogP contribution in [0.5, 0.6) is 0 Å². The second-order valence-electron chi connectivity index (χ2n) is 6.53. The van der Waals surface area contributed by atoms with Crippen molar-refractivity contribution in [2.75, 3.05) is 44.6 Å². The molecule has 2 aromatic rings. The summed E-state index contributed by atoms with van der Waals surface area (Å²) in [7, 11) is 0. The second-order valence-corrected chi connectivity index (χ2v) is 6.53. The molecule has 2 heterocycles. The van der Waals surface area contributed by atoms with Gasteiger partial charge in [-0.1, -0.05) is 37.3 Å². The van der Waals surface area contributed by atoms with Crippen LogP contribution in [0.4, 0.5) is 5.82 Å². The first kappa shape index (κ1) is 18.3. The van der Waals surface area contributed by atoms with Crippen LogP contribution >= 0.6 is 0 Å². The SMILES string of the molecule is CCN1CCN(C(=O)c2cc(NCCCc3ccccc3)ncn2)CC1. The highest BCUT2D eigenvalue weighted by Crippen LogP contribution is 2.10. The summed E-state index contributed by atoms with van der Waals surface area (Å²) in [6.45, 7) is 7.38. The van der Waals surface area contributed by atoms with Gasteiger partial charge in [0.1, 0.15) is 17.8 Å². The van der Waals surface area contributed by atoms with E-state index in [1.807, 2.05) is 11.0 Å². The fraction of sp³-hybridized carbons (Fsp3) is 0.450. The zero-order valence-electron chi connectivity index (χ0n) is 15.4. The van der Waals surface area contributed by atoms with Crippen molar-refractivity contribution in [1.82, 2.24) is 19.8 Å². The fourth-order valence-corrected chi connectivity index (χ4v) is 3.15. The van der Waals surface area contributed by atoms with Gasteiger partial charge < -0.3 is 15.1 Å². The molecule has 6 nitrogen and oxygen atoms in total. The third-order valence-corrected chi connectivity index (χ3v) is 4.78. The van der Waals surface area contributed by atoms with Crippen molar-refractivity contribution >= 4 is 11.7 Å². The predicted molar refractivity (Wildman–Crippen MR) is 103 cm³/mol. The molecule has 0 radical (unpaired) electrons. The van der Waals surface area contributed by atoms with Gasteiger partial charge in [0.25, 0.3) is 5.91 Å². The molecule has 1 fully saturated rings. The lowest BCUT2D eigenvalue weighted by molar-refractivity contribution is 0.0637. The number of likely N-dealkylation sites (N-methyl/N-ethyl adjacent to an activating group) is 1. The zero-order valence-corrected chi connectivity index (χ0v) is 15.4. The molecule has 1 aromatic carbocycles. The molecule has 0 saturated carbocycles. The maximum Gasteiger partial charge on any atom is 0.272 e. The largest absolute Gasteiger partial charge is 0.370 e. The number of amides is 1. The van der Waals surface area contributed by atoms with Gasteiger partial charge >= 0.3 is 0 Å². The Morgan fingerprint density at radius 2 is 1.88 bits per heavy atom. The highest BCUT2D eigenvalue weighted by molar-refractivity contribution is 5.93. The summed E-state index contributed by atoms with van der Waals surface area (Å²) in [6.07, 6.45) is 3.50. The van der Waals surface area contributed by atoms with E-state index in [2.05, 4.69) is 51.4 Å². The molecule has 1 N–H and O–H groups in total. The maximum atomic E-state index is 12.7. The number of rotatable bonds is 7. The Bertz CT molecular complexity index is 698. The molecule has 1 aliphatic rings. The number of carbonyl (C=O) groups is 1. The summed E-state index contributed by atoms with van der Waals surface area (Å²) < 4.78 is 0. The topological polar surface area (TPSA) is 61.4 Å². The van der Waals surface area contributed by atoms with Gasteiger partial charge in [-0.05, 0) is 24.9 Å². The van der Waals surface area contributed by atoms with Crippen LogP contribution in [0.1, 0.15) is 29.4 Å². The highest BCUT2D eigenvalue weighted by Gasteiger charge is 2.22. The molecule has 6 heteroatoms. The van der Waals surface area contributed by atoms with Crippen molar-refractivity contribution in [1.29, 1.82) is 0 Å². The fourth-order valence-electron chi connectivity index (χ4n) is 3.15. The Balaban J connectivity index is 1.49. The van der Waals surface area contributed by atoms with Crippen molar-refractivity contribution in [3.8, 4) is 0 Å². The molecular weight excluding hydrogens is 326 g/mol. The number of hydrogen-bond acceptors (Lipinski definition) is 5. The Kier molecular flexibility index (Phi) is 6.55. The minimum atomic E-state index is -0.00418. The molecule has 0 spiro atoms. The van der Waals surface area contributed by atoms with Gasteiger partial charge in [-0.2, -0.15) is 0 Å². The summed E-state index contributed by atoms with van der Waals surface area (Å²) in [5.74, 6) is 0.707. The van der Waals surface area contributed by atoms with Gasteiger partial charge in [0, 0.05) is 38.8 Å².